The van der Waals surface area contributed by atoms with Crippen LogP contribution < -0.4 is 10.6 Å². The molecule has 6 heteroatoms. The molecule has 1 aromatic rings. The van der Waals surface area contributed by atoms with E-state index in [1.165, 1.54) is 11.8 Å². The quantitative estimate of drug-likeness (QED) is 0.829. The molecule has 0 saturated carbocycles. The van der Waals surface area contributed by atoms with E-state index >= 15 is 0 Å². The minimum Gasteiger partial charge on any atom is -0.351 e. The molecule has 24 heavy (non-hydrogen) atoms. The van der Waals surface area contributed by atoms with Gasteiger partial charge in [-0.1, -0.05) is 0 Å². The number of nitrogens with one attached hydrogen (secondary N) is 2. The van der Waals surface area contributed by atoms with E-state index in [0.29, 0.717) is 24.2 Å². The fraction of sp³-hybridized carbons (Fsp3) is 0.556. The molecule has 0 radical (unpaired) electrons. The molecule has 0 unspecified atom stereocenters. The lowest BCUT2D eigenvalue weighted by Gasteiger charge is -2.30. The second-order valence-electron chi connectivity index (χ2n) is 6.64. The SMILES string of the molecule is CC(C)N(CCNC(=O)c1ccc2c(c1)NC(=O)[C@@H](C)S2)C(C)C. The largest absolute Gasteiger partial charge is 0.351 e. The highest BCUT2D eigenvalue weighted by molar-refractivity contribution is 8.00. The van der Waals surface area contributed by atoms with Gasteiger partial charge >= 0.3 is 0 Å². The zero-order valence-corrected chi connectivity index (χ0v) is 15.9. The number of fused-ring (bicyclic) bond motifs is 1. The summed E-state index contributed by atoms with van der Waals surface area (Å²) in [6, 6.07) is 6.36. The Morgan fingerprint density at radius 3 is 2.58 bits per heavy atom. The zero-order valence-electron chi connectivity index (χ0n) is 15.1. The lowest BCUT2D eigenvalue weighted by atomic mass is 10.1. The maximum atomic E-state index is 12.3. The molecule has 2 amide bonds. The Hall–Kier alpha value is -1.53. The molecule has 0 fully saturated rings. The summed E-state index contributed by atoms with van der Waals surface area (Å²) in [5.41, 5.74) is 1.30. The second kappa shape index (κ2) is 8.03. The van der Waals surface area contributed by atoms with Crippen LogP contribution in [-0.4, -0.2) is 47.1 Å². The van der Waals surface area contributed by atoms with Crippen molar-refractivity contribution in [1.29, 1.82) is 0 Å². The fourth-order valence-electron chi connectivity index (χ4n) is 2.86. The van der Waals surface area contributed by atoms with Gasteiger partial charge in [0.2, 0.25) is 5.91 Å². The van der Waals surface area contributed by atoms with Crippen LogP contribution in [-0.2, 0) is 4.79 Å². The van der Waals surface area contributed by atoms with E-state index in [-0.39, 0.29) is 17.1 Å². The Balaban J connectivity index is 1.96. The molecule has 0 aromatic heterocycles. The standard InChI is InChI=1S/C18H27N3O2S/c1-11(2)21(12(3)4)9-8-19-18(23)14-6-7-16-15(10-14)20-17(22)13(5)24-16/h6-7,10-13H,8-9H2,1-5H3,(H,19,23)(H,20,22)/t13-/m1/s1. The van der Waals surface area contributed by atoms with Crippen LogP contribution in [0.5, 0.6) is 0 Å². The van der Waals surface area contributed by atoms with Crippen LogP contribution in [0, 0.1) is 0 Å². The number of benzene rings is 1. The van der Waals surface area contributed by atoms with Crippen LogP contribution in [0.3, 0.4) is 0 Å². The van der Waals surface area contributed by atoms with Crippen molar-refractivity contribution >= 4 is 29.3 Å². The van der Waals surface area contributed by atoms with Gasteiger partial charge in [-0.2, -0.15) is 0 Å². The summed E-state index contributed by atoms with van der Waals surface area (Å²) in [5.74, 6) is -0.127. The van der Waals surface area contributed by atoms with Crippen LogP contribution in [0.2, 0.25) is 0 Å². The number of carbonyl (C=O) groups excluding carboxylic acids is 2. The molecule has 2 N–H and O–H groups in total. The minimum absolute atomic E-state index is 0.0189. The fourth-order valence-corrected chi connectivity index (χ4v) is 3.79. The van der Waals surface area contributed by atoms with E-state index in [2.05, 4.69) is 43.2 Å². The molecular weight excluding hydrogens is 322 g/mol. The third-order valence-electron chi connectivity index (χ3n) is 4.15. The van der Waals surface area contributed by atoms with Crippen LogP contribution in [0.4, 0.5) is 5.69 Å². The van der Waals surface area contributed by atoms with Gasteiger partial charge in [-0.25, -0.2) is 0 Å². The van der Waals surface area contributed by atoms with Gasteiger partial charge in [0.05, 0.1) is 10.9 Å². The van der Waals surface area contributed by atoms with Crippen molar-refractivity contribution < 1.29 is 9.59 Å². The lowest BCUT2D eigenvalue weighted by molar-refractivity contribution is -0.115. The minimum atomic E-state index is -0.108. The summed E-state index contributed by atoms with van der Waals surface area (Å²) in [6.07, 6.45) is 0. The van der Waals surface area contributed by atoms with Gasteiger partial charge in [-0.3, -0.25) is 14.5 Å². The number of thioether (sulfide) groups is 1. The van der Waals surface area contributed by atoms with Crippen LogP contribution in [0.15, 0.2) is 23.1 Å². The van der Waals surface area contributed by atoms with Gasteiger partial charge in [-0.05, 0) is 52.8 Å². The molecule has 132 valence electrons. The summed E-state index contributed by atoms with van der Waals surface area (Å²) in [5, 5.41) is 5.73. The van der Waals surface area contributed by atoms with E-state index in [4.69, 9.17) is 0 Å². The molecule has 1 aliphatic heterocycles. The molecular formula is C18H27N3O2S. The molecule has 0 aliphatic carbocycles. The topological polar surface area (TPSA) is 61.4 Å². The highest BCUT2D eigenvalue weighted by atomic mass is 32.2. The van der Waals surface area contributed by atoms with Crippen molar-refractivity contribution in [2.45, 2.75) is 56.8 Å². The van der Waals surface area contributed by atoms with Gasteiger partial charge < -0.3 is 10.6 Å². The molecule has 1 atom stereocenters. The number of anilines is 1. The Labute approximate surface area is 148 Å². The predicted octanol–water partition coefficient (Wildman–Crippen LogP) is 2.97. The summed E-state index contributed by atoms with van der Waals surface area (Å²) in [6.45, 7) is 11.9. The van der Waals surface area contributed by atoms with E-state index in [1.807, 2.05) is 19.1 Å². The highest BCUT2D eigenvalue weighted by Crippen LogP contribution is 2.35. The van der Waals surface area contributed by atoms with Crippen molar-refractivity contribution in [3.05, 3.63) is 23.8 Å². The molecule has 1 heterocycles. The van der Waals surface area contributed by atoms with Crippen LogP contribution >= 0.6 is 11.8 Å². The molecule has 0 saturated heterocycles. The van der Waals surface area contributed by atoms with Crippen molar-refractivity contribution in [3.8, 4) is 0 Å². The first-order valence-electron chi connectivity index (χ1n) is 8.45. The normalized spacial score (nSPS) is 17.2. The predicted molar refractivity (Wildman–Crippen MR) is 99.7 cm³/mol. The monoisotopic (exact) mass is 349 g/mol. The molecule has 5 nitrogen and oxygen atoms in total. The number of rotatable bonds is 6. The van der Waals surface area contributed by atoms with Crippen LogP contribution in [0.25, 0.3) is 0 Å². The highest BCUT2D eigenvalue weighted by Gasteiger charge is 2.23. The van der Waals surface area contributed by atoms with Crippen molar-refractivity contribution in [1.82, 2.24) is 10.2 Å². The Kier molecular flexibility index (Phi) is 6.29. The average Bonchev–Trinajstić information content (AvgIpc) is 2.51. The first kappa shape index (κ1) is 18.8. The maximum absolute atomic E-state index is 12.3. The van der Waals surface area contributed by atoms with Gasteiger partial charge in [0, 0.05) is 35.6 Å². The maximum Gasteiger partial charge on any atom is 0.251 e. The summed E-state index contributed by atoms with van der Waals surface area (Å²) < 4.78 is 0. The van der Waals surface area contributed by atoms with E-state index in [0.717, 1.165) is 17.1 Å². The first-order chi connectivity index (χ1) is 11.3. The zero-order chi connectivity index (χ0) is 17.9. The molecule has 0 spiro atoms. The number of amides is 2. The summed E-state index contributed by atoms with van der Waals surface area (Å²) >= 11 is 1.52. The molecule has 1 aliphatic rings. The van der Waals surface area contributed by atoms with E-state index in [9.17, 15) is 9.59 Å². The Bertz CT molecular complexity index is 608. The molecule has 0 bridgehead atoms. The Morgan fingerprint density at radius 1 is 1.29 bits per heavy atom. The van der Waals surface area contributed by atoms with Gasteiger partial charge in [0.25, 0.3) is 5.91 Å². The average molecular weight is 350 g/mol. The van der Waals surface area contributed by atoms with E-state index < -0.39 is 0 Å². The van der Waals surface area contributed by atoms with Crippen molar-refractivity contribution in [2.24, 2.45) is 0 Å². The summed E-state index contributed by atoms with van der Waals surface area (Å²) in [4.78, 5) is 27.5. The Morgan fingerprint density at radius 2 is 1.96 bits per heavy atom. The van der Waals surface area contributed by atoms with Crippen molar-refractivity contribution in [2.75, 3.05) is 18.4 Å². The van der Waals surface area contributed by atoms with Gasteiger partial charge in [0.15, 0.2) is 0 Å². The van der Waals surface area contributed by atoms with E-state index in [1.54, 1.807) is 6.07 Å². The van der Waals surface area contributed by atoms with Crippen LogP contribution in [0.1, 0.15) is 45.0 Å². The third kappa shape index (κ3) is 4.51. The molecule has 2 rings (SSSR count). The van der Waals surface area contributed by atoms with Gasteiger partial charge in [-0.15, -0.1) is 11.8 Å². The van der Waals surface area contributed by atoms with Gasteiger partial charge in [0.1, 0.15) is 0 Å². The van der Waals surface area contributed by atoms with Crippen molar-refractivity contribution in [3.63, 3.8) is 0 Å². The molecule has 1 aromatic carbocycles. The third-order valence-corrected chi connectivity index (χ3v) is 5.33. The number of carbonyl (C=O) groups is 2. The first-order valence-corrected chi connectivity index (χ1v) is 9.33. The number of hydrogen-bond acceptors (Lipinski definition) is 4. The number of hydrogen-bond donors (Lipinski definition) is 2. The second-order valence-corrected chi connectivity index (χ2v) is 8.02. The smallest absolute Gasteiger partial charge is 0.251 e. The lowest BCUT2D eigenvalue weighted by Crippen LogP contribution is -2.42. The summed E-state index contributed by atoms with van der Waals surface area (Å²) in [7, 11) is 0. The number of nitrogens with zero attached hydrogens (tertiary/aromatic N) is 1.